The maximum Gasteiger partial charge on any atom is 0.318 e. The number of hydrogen-bond donors (Lipinski definition) is 1. The number of carbonyl (C=O) groups is 1. The van der Waals surface area contributed by atoms with Crippen LogP contribution in [0.15, 0.2) is 24.4 Å². The topological polar surface area (TPSA) is 88.6 Å². The summed E-state index contributed by atoms with van der Waals surface area (Å²) in [6.45, 7) is 0. The van der Waals surface area contributed by atoms with Gasteiger partial charge in [0.25, 0.3) is 0 Å². The molecule has 0 aliphatic carbocycles. The summed E-state index contributed by atoms with van der Waals surface area (Å²) in [6.07, 6.45) is 5.84. The van der Waals surface area contributed by atoms with Gasteiger partial charge in [0.1, 0.15) is 6.10 Å². The fourth-order valence-electron chi connectivity index (χ4n) is 4.30. The van der Waals surface area contributed by atoms with Crippen LogP contribution in [0.5, 0.6) is 5.88 Å². The zero-order chi connectivity index (χ0) is 17.4. The first kappa shape index (κ1) is 16.6. The van der Waals surface area contributed by atoms with E-state index in [0.29, 0.717) is 12.3 Å². The largest absolute Gasteiger partial charge is 0.474 e. The van der Waals surface area contributed by atoms with Crippen LogP contribution in [0.4, 0.5) is 4.79 Å². The normalized spacial score (nSPS) is 33.2. The molecule has 2 amide bonds. The molecule has 3 aliphatic rings. The fourth-order valence-corrected chi connectivity index (χ4v) is 5.97. The molecule has 1 aromatic heterocycles. The van der Waals surface area contributed by atoms with E-state index in [4.69, 9.17) is 4.74 Å². The Hall–Kier alpha value is -1.83. The first-order chi connectivity index (χ1) is 12.0. The van der Waals surface area contributed by atoms with Crippen LogP contribution in [0.25, 0.3) is 0 Å². The average molecular weight is 365 g/mol. The van der Waals surface area contributed by atoms with E-state index < -0.39 is 9.84 Å². The summed E-state index contributed by atoms with van der Waals surface area (Å²) in [5, 5.41) is 2.92. The van der Waals surface area contributed by atoms with Gasteiger partial charge in [-0.05, 0) is 25.3 Å². The first-order valence-corrected chi connectivity index (χ1v) is 10.7. The van der Waals surface area contributed by atoms with Crippen LogP contribution in [0.3, 0.4) is 0 Å². The van der Waals surface area contributed by atoms with Crippen molar-refractivity contribution >= 4 is 15.9 Å². The number of pyridine rings is 1. The van der Waals surface area contributed by atoms with Crippen molar-refractivity contribution in [3.8, 4) is 5.88 Å². The molecule has 3 aliphatic heterocycles. The van der Waals surface area contributed by atoms with Crippen molar-refractivity contribution < 1.29 is 17.9 Å². The summed E-state index contributed by atoms with van der Waals surface area (Å²) < 4.78 is 29.1. The Labute approximate surface area is 147 Å². The second-order valence-corrected chi connectivity index (χ2v) is 9.45. The van der Waals surface area contributed by atoms with Crippen LogP contribution in [-0.4, -0.2) is 60.1 Å². The zero-order valence-corrected chi connectivity index (χ0v) is 14.8. The Bertz CT molecular complexity index is 726. The molecule has 3 atom stereocenters. The minimum atomic E-state index is -2.99. The number of amides is 2. The Morgan fingerprint density at radius 2 is 1.96 bits per heavy atom. The molecule has 1 aromatic rings. The van der Waals surface area contributed by atoms with E-state index in [0.717, 1.165) is 25.7 Å². The van der Waals surface area contributed by atoms with E-state index in [1.165, 1.54) is 0 Å². The van der Waals surface area contributed by atoms with Gasteiger partial charge in [0.15, 0.2) is 9.84 Å². The van der Waals surface area contributed by atoms with Gasteiger partial charge in [-0.2, -0.15) is 0 Å². The predicted octanol–water partition coefficient (Wildman–Crippen LogP) is 1.35. The van der Waals surface area contributed by atoms with Crippen LogP contribution in [0, 0.1) is 0 Å². The van der Waals surface area contributed by atoms with Crippen LogP contribution in [-0.2, 0) is 9.84 Å². The SMILES string of the molecule is O=C(N[C@H]1CCS(=O)(=O)C1)N1[C@H]2CC[C@H]1CC(Oc1ccccn1)C2. The molecule has 0 saturated carbocycles. The van der Waals surface area contributed by atoms with Gasteiger partial charge in [-0.1, -0.05) is 6.07 Å². The highest BCUT2D eigenvalue weighted by atomic mass is 32.2. The minimum Gasteiger partial charge on any atom is -0.474 e. The van der Waals surface area contributed by atoms with Gasteiger partial charge in [-0.3, -0.25) is 0 Å². The highest BCUT2D eigenvalue weighted by molar-refractivity contribution is 7.91. The van der Waals surface area contributed by atoms with Gasteiger partial charge in [0.2, 0.25) is 5.88 Å². The van der Waals surface area contributed by atoms with E-state index in [1.54, 1.807) is 6.20 Å². The second-order valence-electron chi connectivity index (χ2n) is 7.22. The lowest BCUT2D eigenvalue weighted by molar-refractivity contribution is 0.0654. The predicted molar refractivity (Wildman–Crippen MR) is 92.1 cm³/mol. The molecule has 0 spiro atoms. The van der Waals surface area contributed by atoms with Crippen molar-refractivity contribution in [1.82, 2.24) is 15.2 Å². The van der Waals surface area contributed by atoms with Gasteiger partial charge >= 0.3 is 6.03 Å². The standard InChI is InChI=1S/C17H23N3O4S/c21-17(19-12-6-8-25(22,23)11-12)20-13-4-5-14(20)10-15(9-13)24-16-3-1-2-7-18-16/h1-3,7,12-15H,4-6,8-11H2,(H,19,21)/t12-,13-,14-/m0/s1. The van der Waals surface area contributed by atoms with Crippen molar-refractivity contribution in [2.24, 2.45) is 0 Å². The summed E-state index contributed by atoms with van der Waals surface area (Å²) in [5.74, 6) is 0.860. The van der Waals surface area contributed by atoms with Crippen LogP contribution >= 0.6 is 0 Å². The molecule has 3 saturated heterocycles. The van der Waals surface area contributed by atoms with Crippen LogP contribution in [0.1, 0.15) is 32.1 Å². The lowest BCUT2D eigenvalue weighted by Gasteiger charge is -2.39. The highest BCUT2D eigenvalue weighted by Gasteiger charge is 2.45. The van der Waals surface area contributed by atoms with Gasteiger partial charge in [-0.15, -0.1) is 0 Å². The van der Waals surface area contributed by atoms with Crippen molar-refractivity contribution in [2.45, 2.75) is 56.3 Å². The molecule has 4 heterocycles. The molecule has 8 heteroatoms. The van der Waals surface area contributed by atoms with Gasteiger partial charge in [-0.25, -0.2) is 18.2 Å². The molecule has 1 N–H and O–H groups in total. The molecule has 7 nitrogen and oxygen atoms in total. The average Bonchev–Trinajstić information content (AvgIpc) is 3.05. The van der Waals surface area contributed by atoms with E-state index in [2.05, 4.69) is 10.3 Å². The lowest BCUT2D eigenvalue weighted by atomic mass is 10.00. The van der Waals surface area contributed by atoms with E-state index >= 15 is 0 Å². The summed E-state index contributed by atoms with van der Waals surface area (Å²) >= 11 is 0. The zero-order valence-electron chi connectivity index (χ0n) is 14.0. The number of rotatable bonds is 3. The Morgan fingerprint density at radius 3 is 2.56 bits per heavy atom. The van der Waals surface area contributed by atoms with Crippen molar-refractivity contribution in [1.29, 1.82) is 0 Å². The maximum absolute atomic E-state index is 12.7. The molecule has 136 valence electrons. The van der Waals surface area contributed by atoms with Crippen molar-refractivity contribution in [3.05, 3.63) is 24.4 Å². The van der Waals surface area contributed by atoms with E-state index in [9.17, 15) is 13.2 Å². The minimum absolute atomic E-state index is 0.0628. The Balaban J connectivity index is 1.36. The molecule has 0 radical (unpaired) electrons. The molecule has 0 unspecified atom stereocenters. The molecular weight excluding hydrogens is 342 g/mol. The number of ether oxygens (including phenoxy) is 1. The number of aromatic nitrogens is 1. The summed E-state index contributed by atoms with van der Waals surface area (Å²) in [5.41, 5.74) is 0. The molecule has 4 rings (SSSR count). The van der Waals surface area contributed by atoms with E-state index in [-0.39, 0.29) is 41.8 Å². The number of fused-ring (bicyclic) bond motifs is 2. The maximum atomic E-state index is 12.7. The van der Waals surface area contributed by atoms with Crippen LogP contribution in [0.2, 0.25) is 0 Å². The Morgan fingerprint density at radius 1 is 1.20 bits per heavy atom. The first-order valence-electron chi connectivity index (χ1n) is 8.87. The van der Waals surface area contributed by atoms with Crippen LogP contribution < -0.4 is 10.1 Å². The smallest absolute Gasteiger partial charge is 0.318 e. The number of carbonyl (C=O) groups excluding carboxylic acids is 1. The number of hydrogen-bond acceptors (Lipinski definition) is 5. The van der Waals surface area contributed by atoms with Gasteiger partial charge < -0.3 is 15.0 Å². The number of nitrogens with zero attached hydrogens (tertiary/aromatic N) is 2. The number of sulfone groups is 1. The third-order valence-electron chi connectivity index (χ3n) is 5.41. The number of nitrogens with one attached hydrogen (secondary N) is 1. The summed E-state index contributed by atoms with van der Waals surface area (Å²) in [4.78, 5) is 18.8. The summed E-state index contributed by atoms with van der Waals surface area (Å²) in [7, 11) is -2.99. The number of urea groups is 1. The molecule has 3 fully saturated rings. The third kappa shape index (κ3) is 3.58. The summed E-state index contributed by atoms with van der Waals surface area (Å²) in [6, 6.07) is 5.55. The molecule has 0 aromatic carbocycles. The molecule has 25 heavy (non-hydrogen) atoms. The molecule has 2 bridgehead atoms. The highest BCUT2D eigenvalue weighted by Crippen LogP contribution is 2.37. The monoisotopic (exact) mass is 365 g/mol. The lowest BCUT2D eigenvalue weighted by Crippen LogP contribution is -2.54. The second kappa shape index (κ2) is 6.48. The van der Waals surface area contributed by atoms with Gasteiger partial charge in [0, 0.05) is 43.2 Å². The van der Waals surface area contributed by atoms with E-state index in [1.807, 2.05) is 23.1 Å². The fraction of sp³-hybridized carbons (Fsp3) is 0.647. The van der Waals surface area contributed by atoms with Crippen molar-refractivity contribution in [3.63, 3.8) is 0 Å². The molecular formula is C17H23N3O4S. The third-order valence-corrected chi connectivity index (χ3v) is 7.18. The van der Waals surface area contributed by atoms with Crippen molar-refractivity contribution in [2.75, 3.05) is 11.5 Å². The quantitative estimate of drug-likeness (QED) is 0.873. The Kier molecular flexibility index (Phi) is 4.31. The number of piperidine rings is 1. The van der Waals surface area contributed by atoms with Gasteiger partial charge in [0.05, 0.1) is 11.5 Å².